The first-order valence-electron chi connectivity index (χ1n) is 8.09. The zero-order valence-corrected chi connectivity index (χ0v) is 16.3. The van der Waals surface area contributed by atoms with Gasteiger partial charge in [0, 0.05) is 30.1 Å². The number of anilines is 2. The van der Waals surface area contributed by atoms with Crippen molar-refractivity contribution < 1.29 is 13.3 Å². The zero-order valence-electron chi connectivity index (χ0n) is 14.7. The Hall–Kier alpha value is -3.51. The van der Waals surface area contributed by atoms with Crippen molar-refractivity contribution in [1.29, 1.82) is 0 Å². The molecule has 0 radical (unpaired) electrons. The van der Waals surface area contributed by atoms with Crippen molar-refractivity contribution in [3.63, 3.8) is 0 Å². The fourth-order valence-corrected chi connectivity index (χ4v) is 4.26. The second-order valence-electron chi connectivity index (χ2n) is 6.00. The Kier molecular flexibility index (Phi) is 4.43. The second kappa shape index (κ2) is 6.83. The van der Waals surface area contributed by atoms with Gasteiger partial charge in [-0.15, -0.1) is 0 Å². The first-order chi connectivity index (χ1) is 13.8. The summed E-state index contributed by atoms with van der Waals surface area (Å²) in [6, 6.07) is 7.77. The molecule has 4 rings (SSSR count). The van der Waals surface area contributed by atoms with Crippen LogP contribution in [0.15, 0.2) is 47.5 Å². The minimum absolute atomic E-state index is 0.0715. The molecule has 0 aliphatic heterocycles. The van der Waals surface area contributed by atoms with E-state index in [2.05, 4.69) is 25.5 Å². The zero-order chi connectivity index (χ0) is 20.8. The first-order valence-corrected chi connectivity index (χ1v) is 9.91. The number of hydrogen-bond donors (Lipinski definition) is 2. The molecule has 0 atom stereocenters. The molecule has 3 aromatic heterocycles. The summed E-state index contributed by atoms with van der Waals surface area (Å²) in [6.45, 7) is 1.81. The van der Waals surface area contributed by atoms with Gasteiger partial charge in [-0.05, 0) is 36.7 Å². The lowest BCUT2D eigenvalue weighted by atomic mass is 10.3. The Morgan fingerprint density at radius 3 is 2.55 bits per heavy atom. The molecule has 0 spiro atoms. The van der Waals surface area contributed by atoms with Gasteiger partial charge in [-0.2, -0.15) is 10.1 Å². The van der Waals surface area contributed by atoms with Gasteiger partial charge in [0.2, 0.25) is 5.28 Å². The Morgan fingerprint density at radius 2 is 1.93 bits per heavy atom. The maximum absolute atomic E-state index is 13.1. The van der Waals surface area contributed by atoms with Crippen molar-refractivity contribution >= 4 is 50.0 Å². The Morgan fingerprint density at radius 1 is 1.21 bits per heavy atom. The molecule has 0 saturated carbocycles. The Bertz CT molecular complexity index is 1350. The largest absolute Gasteiger partial charge is 0.322 e. The van der Waals surface area contributed by atoms with Gasteiger partial charge in [0.1, 0.15) is 5.52 Å². The molecule has 2 N–H and O–H groups in total. The number of nitrogens with one attached hydrogen (secondary N) is 2. The van der Waals surface area contributed by atoms with Crippen LogP contribution in [-0.2, 0) is 10.0 Å². The van der Waals surface area contributed by atoms with Crippen molar-refractivity contribution in [2.24, 2.45) is 0 Å². The fraction of sp³-hybridized carbons (Fsp3) is 0.0625. The number of aryl methyl sites for hydroxylation is 1. The number of nitro benzene ring substituents is 1. The molecule has 0 aliphatic rings. The van der Waals surface area contributed by atoms with Gasteiger partial charge < -0.3 is 5.32 Å². The molecule has 0 amide bonds. The van der Waals surface area contributed by atoms with Crippen LogP contribution >= 0.6 is 11.6 Å². The predicted octanol–water partition coefficient (Wildman–Crippen LogP) is 3.01. The van der Waals surface area contributed by atoms with E-state index in [1.807, 2.05) is 6.92 Å². The van der Waals surface area contributed by atoms with Crippen LogP contribution in [0.2, 0.25) is 5.28 Å². The van der Waals surface area contributed by atoms with E-state index in [9.17, 15) is 18.5 Å². The van der Waals surface area contributed by atoms with Crippen LogP contribution in [0.1, 0.15) is 5.69 Å². The molecule has 11 nitrogen and oxygen atoms in total. The maximum atomic E-state index is 13.1. The maximum Gasteiger partial charge on any atom is 0.269 e. The van der Waals surface area contributed by atoms with Crippen molar-refractivity contribution in [2.45, 2.75) is 11.8 Å². The highest BCUT2D eigenvalue weighted by Gasteiger charge is 2.23. The second-order valence-corrected chi connectivity index (χ2v) is 8.16. The van der Waals surface area contributed by atoms with E-state index in [1.165, 1.54) is 24.4 Å². The van der Waals surface area contributed by atoms with Gasteiger partial charge in [-0.3, -0.25) is 15.2 Å². The summed E-state index contributed by atoms with van der Waals surface area (Å²) in [5, 5.41) is 20.5. The molecule has 0 saturated heterocycles. The summed E-state index contributed by atoms with van der Waals surface area (Å²) in [5.41, 5.74) is 1.03. The molecule has 1 aromatic carbocycles. The van der Waals surface area contributed by atoms with Crippen LogP contribution < -0.4 is 5.32 Å². The summed E-state index contributed by atoms with van der Waals surface area (Å²) < 4.78 is 27.3. The Balaban J connectivity index is 1.86. The molecule has 3 heterocycles. The van der Waals surface area contributed by atoms with E-state index in [-0.39, 0.29) is 27.2 Å². The van der Waals surface area contributed by atoms with Crippen LogP contribution in [-0.4, -0.2) is 37.5 Å². The van der Waals surface area contributed by atoms with Crippen molar-refractivity contribution in [2.75, 3.05) is 5.32 Å². The third-order valence-electron chi connectivity index (χ3n) is 4.03. The number of H-pyrrole nitrogens is 1. The van der Waals surface area contributed by atoms with E-state index in [4.69, 9.17) is 11.6 Å². The van der Waals surface area contributed by atoms with Gasteiger partial charge in [0.05, 0.1) is 15.3 Å². The molecule has 4 aromatic rings. The van der Waals surface area contributed by atoms with Crippen LogP contribution in [0.3, 0.4) is 0 Å². The highest BCUT2D eigenvalue weighted by molar-refractivity contribution is 7.90. The SMILES string of the molecule is Cc1cc(Nc2nc(Cl)nc3ccn(S(=O)(=O)c4ccc([N+](=O)[O-])cc4)c23)n[nH]1. The lowest BCUT2D eigenvalue weighted by Gasteiger charge is -2.10. The topological polar surface area (TPSA) is 149 Å². The smallest absolute Gasteiger partial charge is 0.269 e. The number of nitrogens with zero attached hydrogens (tertiary/aromatic N) is 5. The molecular weight excluding hydrogens is 422 g/mol. The van der Waals surface area contributed by atoms with E-state index in [0.29, 0.717) is 11.3 Å². The number of rotatable bonds is 5. The fourth-order valence-electron chi connectivity index (χ4n) is 2.73. The van der Waals surface area contributed by atoms with Crippen LogP contribution in [0, 0.1) is 17.0 Å². The standard InChI is InChI=1S/C16H12ClN7O4S/c1-9-8-13(22-21-9)19-15-14-12(18-16(17)20-15)6-7-23(14)29(27,28)11-4-2-10(3-5-11)24(25)26/h2-8H,1H3,(H2,18,19,20,21,22). The van der Waals surface area contributed by atoms with Gasteiger partial charge in [-0.25, -0.2) is 17.4 Å². The summed E-state index contributed by atoms with van der Waals surface area (Å²) in [5.74, 6) is 0.557. The number of fused-ring (bicyclic) bond motifs is 1. The van der Waals surface area contributed by atoms with Crippen molar-refractivity contribution in [3.05, 3.63) is 63.7 Å². The van der Waals surface area contributed by atoms with Crippen molar-refractivity contribution in [3.8, 4) is 0 Å². The molecule has 0 aliphatic carbocycles. The van der Waals surface area contributed by atoms with Crippen molar-refractivity contribution in [1.82, 2.24) is 24.1 Å². The van der Waals surface area contributed by atoms with E-state index >= 15 is 0 Å². The van der Waals surface area contributed by atoms with Gasteiger partial charge >= 0.3 is 0 Å². The number of hydrogen-bond acceptors (Lipinski definition) is 8. The molecule has 13 heteroatoms. The average molecular weight is 434 g/mol. The summed E-state index contributed by atoms with van der Waals surface area (Å²) >= 11 is 5.97. The first kappa shape index (κ1) is 18.8. The quantitative estimate of drug-likeness (QED) is 0.277. The predicted molar refractivity (Wildman–Crippen MR) is 105 cm³/mol. The average Bonchev–Trinajstić information content (AvgIpc) is 3.28. The number of halogens is 1. The summed E-state index contributed by atoms with van der Waals surface area (Å²) in [7, 11) is -4.08. The molecule has 0 unspecified atom stereocenters. The molecule has 0 fully saturated rings. The third kappa shape index (κ3) is 3.39. The molecule has 148 valence electrons. The number of benzene rings is 1. The summed E-state index contributed by atoms with van der Waals surface area (Å²) in [4.78, 5) is 18.2. The Labute approximate surface area is 168 Å². The highest BCUT2D eigenvalue weighted by atomic mass is 35.5. The van der Waals surface area contributed by atoms with E-state index in [0.717, 1.165) is 21.8 Å². The minimum Gasteiger partial charge on any atom is -0.322 e. The van der Waals surface area contributed by atoms with E-state index in [1.54, 1.807) is 6.07 Å². The number of nitro groups is 1. The van der Waals surface area contributed by atoms with Crippen LogP contribution in [0.25, 0.3) is 11.0 Å². The molecule has 0 bridgehead atoms. The van der Waals surface area contributed by atoms with Gasteiger partial charge in [-0.1, -0.05) is 0 Å². The van der Waals surface area contributed by atoms with Gasteiger partial charge in [0.25, 0.3) is 15.7 Å². The van der Waals surface area contributed by atoms with E-state index < -0.39 is 14.9 Å². The van der Waals surface area contributed by atoms with Crippen LogP contribution in [0.4, 0.5) is 17.3 Å². The lowest BCUT2D eigenvalue weighted by molar-refractivity contribution is -0.384. The summed E-state index contributed by atoms with van der Waals surface area (Å²) in [6.07, 6.45) is 1.31. The molecule has 29 heavy (non-hydrogen) atoms. The highest BCUT2D eigenvalue weighted by Crippen LogP contribution is 2.29. The normalized spacial score (nSPS) is 11.7. The molecular formula is C16H12ClN7O4S. The van der Waals surface area contributed by atoms with Gasteiger partial charge in [0.15, 0.2) is 11.6 Å². The number of aromatic nitrogens is 5. The van der Waals surface area contributed by atoms with Crippen LogP contribution in [0.5, 0.6) is 0 Å². The third-order valence-corrected chi connectivity index (χ3v) is 5.89. The monoisotopic (exact) mass is 433 g/mol. The number of aromatic amines is 1. The lowest BCUT2D eigenvalue weighted by Crippen LogP contribution is -2.13. The minimum atomic E-state index is -4.08. The number of non-ortho nitro benzene ring substituents is 1.